The molecule has 1 aromatic carbocycles. The van der Waals surface area contributed by atoms with Crippen LogP contribution in [0.4, 0.5) is 0 Å². The first kappa shape index (κ1) is 19.9. The van der Waals surface area contributed by atoms with Gasteiger partial charge in [-0.25, -0.2) is 13.6 Å². The normalized spacial score (nSPS) is 11.8. The van der Waals surface area contributed by atoms with Crippen molar-refractivity contribution in [3.63, 3.8) is 0 Å². The number of nitrogens with two attached hydrogens (primary N) is 1. The summed E-state index contributed by atoms with van der Waals surface area (Å²) in [5.74, 6) is 0.672. The van der Waals surface area contributed by atoms with Gasteiger partial charge in [-0.2, -0.15) is 0 Å². The van der Waals surface area contributed by atoms with Crippen molar-refractivity contribution in [3.8, 4) is 5.75 Å². The van der Waals surface area contributed by atoms with E-state index in [1.165, 1.54) is 37.8 Å². The number of ether oxygens (including phenoxy) is 1. The molecular formula is C17H30N2O3S. The summed E-state index contributed by atoms with van der Waals surface area (Å²) in [6, 6.07) is 6.23. The van der Waals surface area contributed by atoms with Gasteiger partial charge in [-0.15, -0.1) is 0 Å². The first-order valence-electron chi connectivity index (χ1n) is 8.45. The molecule has 0 saturated heterocycles. The van der Waals surface area contributed by atoms with Gasteiger partial charge < -0.3 is 9.64 Å². The highest BCUT2D eigenvalue weighted by Gasteiger charge is 2.07. The third-order valence-electron chi connectivity index (χ3n) is 3.70. The number of hydrogen-bond acceptors (Lipinski definition) is 4. The van der Waals surface area contributed by atoms with Gasteiger partial charge >= 0.3 is 0 Å². The highest BCUT2D eigenvalue weighted by atomic mass is 32.2. The molecule has 132 valence electrons. The van der Waals surface area contributed by atoms with E-state index in [-0.39, 0.29) is 4.90 Å². The molecule has 5 nitrogen and oxygen atoms in total. The highest BCUT2D eigenvalue weighted by molar-refractivity contribution is 7.89. The van der Waals surface area contributed by atoms with E-state index >= 15 is 0 Å². The average molecular weight is 343 g/mol. The summed E-state index contributed by atoms with van der Waals surface area (Å²) >= 11 is 0. The minimum absolute atomic E-state index is 0.107. The third kappa shape index (κ3) is 8.34. The minimum atomic E-state index is -3.64. The summed E-state index contributed by atoms with van der Waals surface area (Å²) in [5.41, 5.74) is 0. The van der Waals surface area contributed by atoms with Crippen LogP contribution in [0, 0.1) is 0 Å². The lowest BCUT2D eigenvalue weighted by atomic mass is 10.2. The van der Waals surface area contributed by atoms with Crippen LogP contribution in [0.15, 0.2) is 29.2 Å². The number of sulfonamides is 1. The van der Waals surface area contributed by atoms with Crippen LogP contribution in [0.3, 0.4) is 0 Å². The first-order valence-corrected chi connectivity index (χ1v) is 10.00. The Balaban J connectivity index is 2.34. The van der Waals surface area contributed by atoms with Crippen molar-refractivity contribution in [2.45, 2.75) is 50.8 Å². The van der Waals surface area contributed by atoms with Gasteiger partial charge in [0, 0.05) is 6.54 Å². The fraction of sp³-hybridized carbons (Fsp3) is 0.647. The minimum Gasteiger partial charge on any atom is -0.494 e. The predicted molar refractivity (Wildman–Crippen MR) is 94.2 cm³/mol. The second kappa shape index (κ2) is 10.6. The predicted octanol–water partition coefficient (Wildman–Crippen LogP) is 3.01. The van der Waals surface area contributed by atoms with Crippen LogP contribution < -0.4 is 9.88 Å². The molecule has 0 aliphatic heterocycles. The van der Waals surface area contributed by atoms with Crippen LogP contribution in [0.25, 0.3) is 0 Å². The number of unbranched alkanes of at least 4 members (excludes halogenated alkanes) is 2. The second-order valence-corrected chi connectivity index (χ2v) is 7.33. The van der Waals surface area contributed by atoms with E-state index in [9.17, 15) is 8.42 Å². The van der Waals surface area contributed by atoms with Gasteiger partial charge in [0.05, 0.1) is 11.5 Å². The Labute approximate surface area is 140 Å². The zero-order valence-electron chi connectivity index (χ0n) is 14.3. The molecule has 0 fully saturated rings. The highest BCUT2D eigenvalue weighted by Crippen LogP contribution is 2.15. The summed E-state index contributed by atoms with van der Waals surface area (Å²) in [4.78, 5) is 2.61. The molecule has 1 rings (SSSR count). The third-order valence-corrected chi connectivity index (χ3v) is 4.62. The Morgan fingerprint density at radius 3 is 1.96 bits per heavy atom. The maximum atomic E-state index is 11.2. The first-order chi connectivity index (χ1) is 11.0. The van der Waals surface area contributed by atoms with Crippen molar-refractivity contribution in [1.29, 1.82) is 0 Å². The van der Waals surface area contributed by atoms with Crippen LogP contribution in [-0.2, 0) is 10.0 Å². The Bertz CT molecular complexity index is 521. The van der Waals surface area contributed by atoms with Gasteiger partial charge in [0.15, 0.2) is 0 Å². The molecule has 0 unspecified atom stereocenters. The van der Waals surface area contributed by atoms with E-state index < -0.39 is 10.0 Å². The number of benzene rings is 1. The number of nitrogens with zero attached hydrogens (tertiary/aromatic N) is 1. The van der Waals surface area contributed by atoms with E-state index in [2.05, 4.69) is 18.7 Å². The van der Waals surface area contributed by atoms with E-state index in [1.807, 2.05) is 0 Å². The molecule has 0 aliphatic rings. The molecule has 23 heavy (non-hydrogen) atoms. The SMILES string of the molecule is CCCCN(CCCC)CCCOc1ccc(S(N)(=O)=O)cc1. The lowest BCUT2D eigenvalue weighted by molar-refractivity contribution is 0.229. The van der Waals surface area contributed by atoms with Crippen LogP contribution in [-0.4, -0.2) is 39.6 Å². The van der Waals surface area contributed by atoms with Crippen molar-refractivity contribution in [2.75, 3.05) is 26.2 Å². The van der Waals surface area contributed by atoms with E-state index in [1.54, 1.807) is 12.1 Å². The maximum absolute atomic E-state index is 11.2. The quantitative estimate of drug-likeness (QED) is 0.593. The second-order valence-electron chi connectivity index (χ2n) is 5.77. The molecule has 0 bridgehead atoms. The average Bonchev–Trinajstić information content (AvgIpc) is 2.53. The fourth-order valence-electron chi connectivity index (χ4n) is 2.30. The maximum Gasteiger partial charge on any atom is 0.238 e. The molecule has 6 heteroatoms. The van der Waals surface area contributed by atoms with Crippen molar-refractivity contribution in [1.82, 2.24) is 4.90 Å². The zero-order chi connectivity index (χ0) is 17.1. The molecular weight excluding hydrogens is 312 g/mol. The Hall–Kier alpha value is -1.11. The molecule has 1 aromatic rings. The largest absolute Gasteiger partial charge is 0.494 e. The Kier molecular flexibility index (Phi) is 9.21. The molecule has 0 heterocycles. The fourth-order valence-corrected chi connectivity index (χ4v) is 2.82. The summed E-state index contributed by atoms with van der Waals surface area (Å²) in [6.07, 6.45) is 5.87. The monoisotopic (exact) mass is 342 g/mol. The summed E-state index contributed by atoms with van der Waals surface area (Å²) in [6.45, 7) is 8.40. The summed E-state index contributed by atoms with van der Waals surface area (Å²) in [5, 5.41) is 5.07. The van der Waals surface area contributed by atoms with Gasteiger partial charge in [-0.1, -0.05) is 26.7 Å². The lowest BCUT2D eigenvalue weighted by Crippen LogP contribution is -2.28. The van der Waals surface area contributed by atoms with Crippen LogP contribution in [0.1, 0.15) is 46.0 Å². The van der Waals surface area contributed by atoms with Gasteiger partial charge in [0.1, 0.15) is 5.75 Å². The van der Waals surface area contributed by atoms with Crippen molar-refractivity contribution in [2.24, 2.45) is 5.14 Å². The molecule has 0 amide bonds. The van der Waals surface area contributed by atoms with Gasteiger partial charge in [0.2, 0.25) is 10.0 Å². The van der Waals surface area contributed by atoms with Gasteiger partial charge in [-0.3, -0.25) is 0 Å². The Morgan fingerprint density at radius 1 is 0.957 bits per heavy atom. The number of hydrogen-bond donors (Lipinski definition) is 1. The zero-order valence-corrected chi connectivity index (χ0v) is 15.1. The van der Waals surface area contributed by atoms with Crippen molar-refractivity contribution >= 4 is 10.0 Å². The molecule has 0 atom stereocenters. The molecule has 0 saturated carbocycles. The van der Waals surface area contributed by atoms with Crippen molar-refractivity contribution < 1.29 is 13.2 Å². The molecule has 0 radical (unpaired) electrons. The summed E-state index contributed by atoms with van der Waals surface area (Å²) < 4.78 is 28.0. The van der Waals surface area contributed by atoms with Crippen molar-refractivity contribution in [3.05, 3.63) is 24.3 Å². The number of rotatable bonds is 12. The molecule has 0 aliphatic carbocycles. The smallest absolute Gasteiger partial charge is 0.238 e. The molecule has 2 N–H and O–H groups in total. The van der Waals surface area contributed by atoms with E-state index in [0.29, 0.717) is 12.4 Å². The molecule has 0 aromatic heterocycles. The number of primary sulfonamides is 1. The topological polar surface area (TPSA) is 72.6 Å². The molecule has 0 spiro atoms. The van der Waals surface area contributed by atoms with Crippen LogP contribution in [0.2, 0.25) is 0 Å². The van der Waals surface area contributed by atoms with E-state index in [0.717, 1.165) is 26.1 Å². The van der Waals surface area contributed by atoms with Crippen LogP contribution >= 0.6 is 0 Å². The van der Waals surface area contributed by atoms with Gasteiger partial charge in [0.25, 0.3) is 0 Å². The standard InChI is InChI=1S/C17H30N2O3S/c1-3-5-12-19(13-6-4-2)14-7-15-22-16-8-10-17(11-9-16)23(18,20)21/h8-11H,3-7,12-15H2,1-2H3,(H2,18,20,21). The summed E-state index contributed by atoms with van der Waals surface area (Å²) in [7, 11) is -3.64. The van der Waals surface area contributed by atoms with E-state index in [4.69, 9.17) is 9.88 Å². The lowest BCUT2D eigenvalue weighted by Gasteiger charge is -2.21. The Morgan fingerprint density at radius 2 is 1.48 bits per heavy atom. The van der Waals surface area contributed by atoms with Crippen LogP contribution in [0.5, 0.6) is 5.75 Å². The van der Waals surface area contributed by atoms with Gasteiger partial charge in [-0.05, 0) is 56.6 Å².